The van der Waals surface area contributed by atoms with Gasteiger partial charge in [0.1, 0.15) is 12.2 Å². The summed E-state index contributed by atoms with van der Waals surface area (Å²) in [5, 5.41) is 11.4. The Kier molecular flexibility index (Phi) is 9.37. The summed E-state index contributed by atoms with van der Waals surface area (Å²) in [5.41, 5.74) is 3.04. The average Bonchev–Trinajstić information content (AvgIpc) is 2.89. The smallest absolute Gasteiger partial charge is 0.211 e. The van der Waals surface area contributed by atoms with Crippen LogP contribution in [-0.2, 0) is 38.8 Å². The Bertz CT molecular complexity index is 1020. The van der Waals surface area contributed by atoms with Gasteiger partial charge in [0.25, 0.3) is 0 Å². The van der Waals surface area contributed by atoms with Crippen molar-refractivity contribution in [2.24, 2.45) is 5.92 Å². The van der Waals surface area contributed by atoms with Crippen molar-refractivity contribution in [2.45, 2.75) is 38.1 Å². The van der Waals surface area contributed by atoms with E-state index in [1.165, 1.54) is 6.61 Å². The second kappa shape index (κ2) is 13.1. The molecular weight excluding hydrogens is 446 g/mol. The molecule has 4 rings (SSSR count). The minimum absolute atomic E-state index is 0.265. The van der Waals surface area contributed by atoms with Gasteiger partial charge in [0, 0.05) is 4.92 Å². The third-order valence-electron chi connectivity index (χ3n) is 5.86. The molecule has 0 amide bonds. The lowest BCUT2D eigenvalue weighted by Crippen LogP contribution is -2.54. The molecule has 0 aromatic heterocycles. The lowest BCUT2D eigenvalue weighted by molar-refractivity contribution is -0.492. The highest BCUT2D eigenvalue weighted by Gasteiger charge is 2.44. The Balaban J connectivity index is 1.49. The molecule has 3 aromatic carbocycles. The first-order valence-corrected chi connectivity index (χ1v) is 11.7. The van der Waals surface area contributed by atoms with E-state index in [1.54, 1.807) is 0 Å². The quantitative estimate of drug-likeness (QED) is 0.275. The van der Waals surface area contributed by atoms with Gasteiger partial charge >= 0.3 is 0 Å². The van der Waals surface area contributed by atoms with Crippen LogP contribution < -0.4 is 0 Å². The number of hydrogen-bond donors (Lipinski definition) is 0. The second-order valence-electron chi connectivity index (χ2n) is 8.51. The predicted molar refractivity (Wildman–Crippen MR) is 131 cm³/mol. The molecule has 0 spiro atoms. The number of hydrogen-bond acceptors (Lipinski definition) is 6. The molecule has 1 heterocycles. The fourth-order valence-corrected chi connectivity index (χ4v) is 4.09. The van der Waals surface area contributed by atoms with Crippen molar-refractivity contribution in [2.75, 3.05) is 13.2 Å². The third-order valence-corrected chi connectivity index (χ3v) is 5.86. The van der Waals surface area contributed by atoms with E-state index < -0.39 is 24.2 Å². The molecule has 1 radical (unpaired) electrons. The summed E-state index contributed by atoms with van der Waals surface area (Å²) < 4.78 is 24.5. The molecule has 1 saturated heterocycles. The fourth-order valence-electron chi connectivity index (χ4n) is 4.09. The Labute approximate surface area is 205 Å². The normalized spacial score (nSPS) is 22.1. The maximum Gasteiger partial charge on any atom is 0.211 e. The number of nitro groups is 1. The van der Waals surface area contributed by atoms with Gasteiger partial charge in [0.15, 0.2) is 0 Å². The Morgan fingerprint density at radius 2 is 1.20 bits per heavy atom. The van der Waals surface area contributed by atoms with Gasteiger partial charge in [-0.05, 0) is 16.7 Å². The molecule has 183 valence electrons. The Morgan fingerprint density at radius 3 is 1.71 bits per heavy atom. The van der Waals surface area contributed by atoms with Gasteiger partial charge in [-0.3, -0.25) is 10.1 Å². The van der Waals surface area contributed by atoms with Crippen molar-refractivity contribution in [3.05, 3.63) is 124 Å². The van der Waals surface area contributed by atoms with Crippen LogP contribution in [0.2, 0.25) is 0 Å². The molecule has 1 aliphatic rings. The highest BCUT2D eigenvalue weighted by molar-refractivity contribution is 5.15. The van der Waals surface area contributed by atoms with Gasteiger partial charge in [-0.2, -0.15) is 0 Å². The molecule has 0 aliphatic carbocycles. The molecule has 7 heteroatoms. The van der Waals surface area contributed by atoms with E-state index in [2.05, 4.69) is 0 Å². The van der Waals surface area contributed by atoms with Crippen LogP contribution in [0.3, 0.4) is 0 Å². The summed E-state index contributed by atoms with van der Waals surface area (Å²) in [7, 11) is 0. The maximum atomic E-state index is 11.4. The van der Waals surface area contributed by atoms with E-state index in [4.69, 9.17) is 18.9 Å². The largest absolute Gasteiger partial charge is 0.374 e. The molecular formula is C28H30NO6. The van der Waals surface area contributed by atoms with Crippen LogP contribution in [-0.4, -0.2) is 36.4 Å². The van der Waals surface area contributed by atoms with Crippen molar-refractivity contribution < 1.29 is 23.9 Å². The van der Waals surface area contributed by atoms with E-state index in [9.17, 15) is 10.1 Å². The molecule has 1 fully saturated rings. The van der Waals surface area contributed by atoms with Gasteiger partial charge in [-0.25, -0.2) is 0 Å². The SMILES string of the molecule is O=[N+]([O-])C[C@H]1[CH]O[C@H](COCc2ccccc2)[C@H](OCc2ccccc2)[C@@H]1OCc1ccccc1. The Morgan fingerprint density at radius 1 is 0.714 bits per heavy atom. The number of benzene rings is 3. The van der Waals surface area contributed by atoms with E-state index in [0.717, 1.165) is 16.7 Å². The number of rotatable bonds is 12. The highest BCUT2D eigenvalue weighted by Crippen LogP contribution is 2.30. The van der Waals surface area contributed by atoms with E-state index in [1.807, 2.05) is 91.0 Å². The van der Waals surface area contributed by atoms with Crippen molar-refractivity contribution in [3.63, 3.8) is 0 Å². The zero-order valence-electron chi connectivity index (χ0n) is 19.5. The minimum Gasteiger partial charge on any atom is -0.374 e. The molecule has 0 bridgehead atoms. The third kappa shape index (κ3) is 7.70. The van der Waals surface area contributed by atoms with Crippen molar-refractivity contribution in [3.8, 4) is 0 Å². The predicted octanol–water partition coefficient (Wildman–Crippen LogP) is 4.83. The Hall–Kier alpha value is -3.10. The molecule has 7 nitrogen and oxygen atoms in total. The summed E-state index contributed by atoms with van der Waals surface area (Å²) in [5.74, 6) is -0.556. The van der Waals surface area contributed by atoms with Crippen LogP contribution in [0.25, 0.3) is 0 Å². The zero-order valence-corrected chi connectivity index (χ0v) is 19.5. The van der Waals surface area contributed by atoms with E-state index in [-0.39, 0.29) is 18.1 Å². The molecule has 0 saturated carbocycles. The van der Waals surface area contributed by atoms with E-state index >= 15 is 0 Å². The number of ether oxygens (including phenoxy) is 4. The van der Waals surface area contributed by atoms with Crippen LogP contribution in [0.4, 0.5) is 0 Å². The molecule has 35 heavy (non-hydrogen) atoms. The van der Waals surface area contributed by atoms with Crippen LogP contribution in [0, 0.1) is 22.6 Å². The van der Waals surface area contributed by atoms with Gasteiger partial charge in [-0.1, -0.05) is 91.0 Å². The van der Waals surface area contributed by atoms with Gasteiger partial charge in [-0.15, -0.1) is 0 Å². The first kappa shape index (κ1) is 25.0. The van der Waals surface area contributed by atoms with Crippen LogP contribution in [0.5, 0.6) is 0 Å². The second-order valence-corrected chi connectivity index (χ2v) is 8.51. The lowest BCUT2D eigenvalue weighted by atomic mass is 9.91. The highest BCUT2D eigenvalue weighted by atomic mass is 16.6. The number of nitrogens with zero attached hydrogens (tertiary/aromatic N) is 1. The van der Waals surface area contributed by atoms with Gasteiger partial charge < -0.3 is 18.9 Å². The maximum absolute atomic E-state index is 11.4. The lowest BCUT2D eigenvalue weighted by Gasteiger charge is -2.40. The first-order valence-electron chi connectivity index (χ1n) is 11.7. The standard InChI is InChI=1S/C28H30NO6/c30-29(31)16-25-20-33-26(21-32-17-22-10-4-1-5-11-22)28(35-19-24-14-8-3-9-15-24)27(25)34-18-23-12-6-2-7-13-23/h1-15,20,25-28H,16-19,21H2/t25-,26+,27+,28-/m0/s1. The summed E-state index contributed by atoms with van der Waals surface area (Å²) >= 11 is 0. The minimum atomic E-state index is -0.566. The summed E-state index contributed by atoms with van der Waals surface area (Å²) in [6.45, 7) is 2.57. The average molecular weight is 477 g/mol. The van der Waals surface area contributed by atoms with Crippen LogP contribution in [0.15, 0.2) is 91.0 Å². The summed E-state index contributed by atoms with van der Waals surface area (Å²) in [6.07, 6.45) is -1.58. The summed E-state index contributed by atoms with van der Waals surface area (Å²) in [6, 6.07) is 29.4. The summed E-state index contributed by atoms with van der Waals surface area (Å²) in [4.78, 5) is 11.0. The molecule has 0 unspecified atom stereocenters. The van der Waals surface area contributed by atoms with Gasteiger partial charge in [0.05, 0.1) is 45.1 Å². The topological polar surface area (TPSA) is 80.1 Å². The van der Waals surface area contributed by atoms with Crippen LogP contribution >= 0.6 is 0 Å². The van der Waals surface area contributed by atoms with Crippen molar-refractivity contribution in [1.82, 2.24) is 0 Å². The van der Waals surface area contributed by atoms with Gasteiger partial charge in [0.2, 0.25) is 6.54 Å². The fraction of sp³-hybridized carbons (Fsp3) is 0.321. The van der Waals surface area contributed by atoms with Crippen LogP contribution in [0.1, 0.15) is 16.7 Å². The van der Waals surface area contributed by atoms with E-state index in [0.29, 0.717) is 19.8 Å². The van der Waals surface area contributed by atoms with Crippen molar-refractivity contribution in [1.29, 1.82) is 0 Å². The molecule has 4 atom stereocenters. The first-order chi connectivity index (χ1) is 17.2. The molecule has 3 aromatic rings. The zero-order chi connectivity index (χ0) is 24.3. The molecule has 0 N–H and O–H groups in total. The molecule has 1 aliphatic heterocycles. The van der Waals surface area contributed by atoms with Crippen molar-refractivity contribution >= 4 is 0 Å². The monoisotopic (exact) mass is 476 g/mol.